The lowest BCUT2D eigenvalue weighted by Crippen LogP contribution is -2.24. The first-order chi connectivity index (χ1) is 10.5. The number of carbonyl (C=O) groups excluding carboxylic acids is 1. The van der Waals surface area contributed by atoms with Gasteiger partial charge in [-0.3, -0.25) is 4.79 Å². The number of ether oxygens (including phenoxy) is 1. The van der Waals surface area contributed by atoms with Gasteiger partial charge in [0, 0.05) is 16.6 Å². The molecule has 0 aromatic heterocycles. The molecule has 0 fully saturated rings. The maximum absolute atomic E-state index is 13.6. The Morgan fingerprint density at radius 3 is 2.68 bits per heavy atom. The van der Waals surface area contributed by atoms with Crippen molar-refractivity contribution < 1.29 is 22.7 Å². The van der Waals surface area contributed by atoms with Crippen molar-refractivity contribution in [1.82, 2.24) is 5.32 Å². The average Bonchev–Trinajstić information content (AvgIpc) is 2.48. The van der Waals surface area contributed by atoms with Crippen LogP contribution in [0.3, 0.4) is 0 Å². The minimum atomic E-state index is -2.96. The molecule has 0 saturated heterocycles. The lowest BCUT2D eigenvalue weighted by Gasteiger charge is -2.11. The van der Waals surface area contributed by atoms with Gasteiger partial charge in [0.15, 0.2) is 0 Å². The maximum Gasteiger partial charge on any atom is 0.387 e. The molecule has 22 heavy (non-hydrogen) atoms. The Morgan fingerprint density at radius 2 is 1.95 bits per heavy atom. The van der Waals surface area contributed by atoms with Crippen LogP contribution in [0.5, 0.6) is 5.75 Å². The van der Waals surface area contributed by atoms with Gasteiger partial charge in [0.25, 0.3) is 5.91 Å². The number of hydrogen-bond acceptors (Lipinski definition) is 2. The summed E-state index contributed by atoms with van der Waals surface area (Å²) in [4.78, 5) is 12.0. The van der Waals surface area contributed by atoms with Crippen LogP contribution < -0.4 is 10.1 Å². The van der Waals surface area contributed by atoms with E-state index in [0.717, 1.165) is 6.07 Å². The molecule has 7 heteroatoms. The molecule has 0 radical (unpaired) electrons. The van der Waals surface area contributed by atoms with Gasteiger partial charge in [-0.05, 0) is 24.3 Å². The second kappa shape index (κ2) is 7.31. The molecule has 0 aliphatic rings. The van der Waals surface area contributed by atoms with Gasteiger partial charge in [-0.15, -0.1) is 0 Å². The molecule has 0 atom stereocenters. The SMILES string of the molecule is O=C(NCc1ccccc1OC(F)F)c1cc(Br)ccc1F. The molecule has 2 aromatic carbocycles. The lowest BCUT2D eigenvalue weighted by molar-refractivity contribution is -0.0504. The molecule has 2 aromatic rings. The fourth-order valence-corrected chi connectivity index (χ4v) is 2.16. The van der Waals surface area contributed by atoms with Crippen LogP contribution in [-0.4, -0.2) is 12.5 Å². The minimum absolute atomic E-state index is 0.0347. The third-order valence-electron chi connectivity index (χ3n) is 2.80. The fourth-order valence-electron chi connectivity index (χ4n) is 1.80. The van der Waals surface area contributed by atoms with E-state index in [1.807, 2.05) is 0 Å². The Balaban J connectivity index is 2.10. The molecule has 116 valence electrons. The van der Waals surface area contributed by atoms with Crippen molar-refractivity contribution in [1.29, 1.82) is 0 Å². The van der Waals surface area contributed by atoms with Gasteiger partial charge in [0.1, 0.15) is 11.6 Å². The molecule has 0 heterocycles. The fraction of sp³-hybridized carbons (Fsp3) is 0.133. The van der Waals surface area contributed by atoms with E-state index in [1.165, 1.54) is 30.3 Å². The third kappa shape index (κ3) is 4.24. The molecule has 0 bridgehead atoms. The first kappa shape index (κ1) is 16.4. The van der Waals surface area contributed by atoms with Crippen LogP contribution in [0.1, 0.15) is 15.9 Å². The van der Waals surface area contributed by atoms with Crippen molar-refractivity contribution in [2.24, 2.45) is 0 Å². The van der Waals surface area contributed by atoms with Gasteiger partial charge >= 0.3 is 6.61 Å². The monoisotopic (exact) mass is 373 g/mol. The predicted octanol–water partition coefficient (Wildman–Crippen LogP) is 4.12. The molecule has 1 N–H and O–H groups in total. The van der Waals surface area contributed by atoms with E-state index in [-0.39, 0.29) is 17.9 Å². The van der Waals surface area contributed by atoms with E-state index in [4.69, 9.17) is 0 Å². The number of para-hydroxylation sites is 1. The summed E-state index contributed by atoms with van der Waals surface area (Å²) in [6.07, 6.45) is 0. The van der Waals surface area contributed by atoms with Gasteiger partial charge in [0.05, 0.1) is 5.56 Å². The number of hydrogen-bond donors (Lipinski definition) is 1. The summed E-state index contributed by atoms with van der Waals surface area (Å²) in [6, 6.07) is 10.0. The van der Waals surface area contributed by atoms with Crippen molar-refractivity contribution in [3.8, 4) is 5.75 Å². The van der Waals surface area contributed by atoms with E-state index in [0.29, 0.717) is 10.0 Å². The largest absolute Gasteiger partial charge is 0.434 e. The van der Waals surface area contributed by atoms with E-state index in [1.54, 1.807) is 6.07 Å². The van der Waals surface area contributed by atoms with Crippen LogP contribution in [0.25, 0.3) is 0 Å². The highest BCUT2D eigenvalue weighted by Crippen LogP contribution is 2.20. The topological polar surface area (TPSA) is 38.3 Å². The molecule has 2 rings (SSSR count). The highest BCUT2D eigenvalue weighted by atomic mass is 79.9. The number of alkyl halides is 2. The summed E-state index contributed by atoms with van der Waals surface area (Å²) in [5, 5.41) is 2.47. The number of amides is 1. The Hall–Kier alpha value is -2.02. The van der Waals surface area contributed by atoms with E-state index in [9.17, 15) is 18.0 Å². The number of carbonyl (C=O) groups is 1. The van der Waals surface area contributed by atoms with Gasteiger partial charge in [-0.2, -0.15) is 8.78 Å². The number of rotatable bonds is 5. The molecular formula is C15H11BrF3NO2. The van der Waals surface area contributed by atoms with Crippen LogP contribution in [0.2, 0.25) is 0 Å². The van der Waals surface area contributed by atoms with Crippen LogP contribution in [-0.2, 0) is 6.54 Å². The van der Waals surface area contributed by atoms with Crippen molar-refractivity contribution in [3.63, 3.8) is 0 Å². The summed E-state index contributed by atoms with van der Waals surface area (Å²) in [6.45, 7) is -3.02. The molecule has 0 spiro atoms. The summed E-state index contributed by atoms with van der Waals surface area (Å²) in [7, 11) is 0. The Labute approximate surface area is 133 Å². The minimum Gasteiger partial charge on any atom is -0.434 e. The first-order valence-electron chi connectivity index (χ1n) is 6.23. The van der Waals surface area contributed by atoms with Crippen LogP contribution in [0.15, 0.2) is 46.9 Å². The molecule has 0 saturated carbocycles. The second-order valence-electron chi connectivity index (χ2n) is 4.29. The zero-order chi connectivity index (χ0) is 16.1. The molecule has 1 amide bonds. The molecule has 0 aliphatic carbocycles. The Morgan fingerprint density at radius 1 is 1.23 bits per heavy atom. The molecule has 3 nitrogen and oxygen atoms in total. The summed E-state index contributed by atoms with van der Waals surface area (Å²) in [5.74, 6) is -1.35. The Bertz CT molecular complexity index is 680. The van der Waals surface area contributed by atoms with Gasteiger partial charge in [0.2, 0.25) is 0 Å². The van der Waals surface area contributed by atoms with Gasteiger partial charge in [-0.1, -0.05) is 34.1 Å². The van der Waals surface area contributed by atoms with Crippen molar-refractivity contribution in [3.05, 3.63) is 63.9 Å². The van der Waals surface area contributed by atoms with Crippen molar-refractivity contribution in [2.75, 3.05) is 0 Å². The van der Waals surface area contributed by atoms with E-state index < -0.39 is 18.3 Å². The summed E-state index contributed by atoms with van der Waals surface area (Å²) >= 11 is 3.15. The standard InChI is InChI=1S/C15H11BrF3NO2/c16-10-5-6-12(17)11(7-10)14(21)20-8-9-3-1-2-4-13(9)22-15(18)19/h1-7,15H,8H2,(H,20,21). The van der Waals surface area contributed by atoms with Gasteiger partial charge in [-0.25, -0.2) is 4.39 Å². The predicted molar refractivity (Wildman–Crippen MR) is 78.3 cm³/mol. The summed E-state index contributed by atoms with van der Waals surface area (Å²) < 4.78 is 43.1. The zero-order valence-corrected chi connectivity index (χ0v) is 12.7. The summed E-state index contributed by atoms with van der Waals surface area (Å²) in [5.41, 5.74) is 0.230. The maximum atomic E-state index is 13.6. The van der Waals surface area contributed by atoms with Crippen molar-refractivity contribution >= 4 is 21.8 Å². The highest BCUT2D eigenvalue weighted by Gasteiger charge is 2.14. The van der Waals surface area contributed by atoms with Crippen LogP contribution >= 0.6 is 15.9 Å². The zero-order valence-electron chi connectivity index (χ0n) is 11.2. The second-order valence-corrected chi connectivity index (χ2v) is 5.21. The first-order valence-corrected chi connectivity index (χ1v) is 7.02. The number of benzene rings is 2. The van der Waals surface area contributed by atoms with Crippen molar-refractivity contribution in [2.45, 2.75) is 13.2 Å². The number of nitrogens with one attached hydrogen (secondary N) is 1. The number of halogens is 4. The Kier molecular flexibility index (Phi) is 5.43. The van der Waals surface area contributed by atoms with Gasteiger partial charge < -0.3 is 10.1 Å². The van der Waals surface area contributed by atoms with E-state index in [2.05, 4.69) is 26.0 Å². The normalized spacial score (nSPS) is 10.6. The van der Waals surface area contributed by atoms with Crippen LogP contribution in [0, 0.1) is 5.82 Å². The molecular weight excluding hydrogens is 363 g/mol. The molecule has 0 unspecified atom stereocenters. The average molecular weight is 374 g/mol. The third-order valence-corrected chi connectivity index (χ3v) is 3.29. The smallest absolute Gasteiger partial charge is 0.387 e. The van der Waals surface area contributed by atoms with E-state index >= 15 is 0 Å². The lowest BCUT2D eigenvalue weighted by atomic mass is 10.1. The van der Waals surface area contributed by atoms with Crippen LogP contribution in [0.4, 0.5) is 13.2 Å². The quantitative estimate of drug-likeness (QED) is 0.855. The molecule has 0 aliphatic heterocycles. The highest BCUT2D eigenvalue weighted by molar-refractivity contribution is 9.10.